The molecule has 0 atom stereocenters. The normalized spacial score (nSPS) is 7.78. The molecule has 0 aliphatic heterocycles. The van der Waals surface area contributed by atoms with Crippen molar-refractivity contribution in [3.63, 3.8) is 0 Å². The Morgan fingerprint density at radius 3 is 0.293 bits per heavy atom. The van der Waals surface area contributed by atoms with Crippen molar-refractivity contribution >= 4 is 0 Å². The van der Waals surface area contributed by atoms with Crippen LogP contribution in [-0.2, 0) is 0 Å². The van der Waals surface area contributed by atoms with Crippen LogP contribution in [0.2, 0.25) is 0 Å². The van der Waals surface area contributed by atoms with Gasteiger partial charge in [-0.3, -0.25) is 0 Å². The van der Waals surface area contributed by atoms with E-state index in [9.17, 15) is 0 Å². The molecular weight excluding hydrogens is 1110 g/mol. The van der Waals surface area contributed by atoms with E-state index in [4.69, 9.17) is 0 Å². The van der Waals surface area contributed by atoms with Gasteiger partial charge in [0.15, 0.2) is 0 Å². The summed E-state index contributed by atoms with van der Waals surface area (Å²) >= 11 is 0. The maximum atomic E-state index is 2.19. The van der Waals surface area contributed by atoms with Gasteiger partial charge in [0, 0.05) is 0 Å². The average molecular weight is 1270 g/mol. The molecule has 528 valence electrons. The molecule has 8 rings (SSSR count). The third-order valence-corrected chi connectivity index (χ3v) is 11.6. The molecule has 0 aliphatic carbocycles. The number of hydrogen-bond acceptors (Lipinski definition) is 0. The lowest BCUT2D eigenvalue weighted by Gasteiger charge is -2.15. The first-order chi connectivity index (χ1) is 44.8. The monoisotopic (exact) mass is 1270 g/mol. The van der Waals surface area contributed by atoms with Crippen molar-refractivity contribution in [3.8, 4) is 44.5 Å². The number of hydrogen-bond donors (Lipinski definition) is 0. The second-order valence-electron chi connectivity index (χ2n) is 16.3. The zero-order valence-corrected chi connectivity index (χ0v) is 70.2. The molecule has 92 heavy (non-hydrogen) atoms. The van der Waals surface area contributed by atoms with Crippen molar-refractivity contribution < 1.29 is 0 Å². The Hall–Kier alpha value is -6.24. The van der Waals surface area contributed by atoms with Crippen molar-refractivity contribution in [2.75, 3.05) is 0 Å². The molecule has 8 aromatic rings. The lowest BCUT2D eigenvalue weighted by Crippen LogP contribution is -1.93. The lowest BCUT2D eigenvalue weighted by atomic mass is 9.90. The average Bonchev–Trinajstić information content (AvgIpc) is 0.868. The molecule has 0 nitrogen and oxygen atoms in total. The highest BCUT2D eigenvalue weighted by Gasteiger charge is 2.11. The number of aryl methyl sites for hydroxylation is 12. The standard InChI is InChI=1S/2C16H18.2C14H14.16C2H6/c2*1-11-7-5-8-12(2)15(11)16-13(3)9-6-10-14(16)4;2*1-11-7-3-5-9-13(11)14-10-6-4-8-12(14)2;16*1-2/h2*5-10H,1-4H3;2*3-10H,1-2H3;16*1-2H3. The van der Waals surface area contributed by atoms with Gasteiger partial charge in [-0.1, -0.05) is 391 Å². The maximum Gasteiger partial charge on any atom is -0.0120 e. The predicted molar refractivity (Wildman–Crippen MR) is 446 cm³/mol. The SMILES string of the molecule is CC.CC.CC.CC.CC.CC.CC.CC.CC.CC.CC.CC.CC.CC.CC.CC.Cc1cccc(C)c1-c1c(C)cccc1C.Cc1cccc(C)c1-c1c(C)cccc1C.Cc1ccccc1-c1ccccc1C.Cc1ccccc1-c1ccccc1C. The van der Waals surface area contributed by atoms with E-state index in [-0.39, 0.29) is 0 Å². The quantitative estimate of drug-likeness (QED) is 0.165. The van der Waals surface area contributed by atoms with Gasteiger partial charge in [0.05, 0.1) is 0 Å². The molecular formula is C92H160. The van der Waals surface area contributed by atoms with Gasteiger partial charge in [0.2, 0.25) is 0 Å². The van der Waals surface area contributed by atoms with Crippen LogP contribution in [0.3, 0.4) is 0 Å². The summed E-state index contributed by atoms with van der Waals surface area (Å²) in [4.78, 5) is 0. The Balaban J connectivity index is -0.0000000808. The molecule has 0 aromatic heterocycles. The minimum atomic E-state index is 1.34. The summed E-state index contributed by atoms with van der Waals surface area (Å²) in [6.45, 7) is 90.1. The van der Waals surface area contributed by atoms with Crippen molar-refractivity contribution in [1.82, 2.24) is 0 Å². The molecule has 0 aliphatic rings. The van der Waals surface area contributed by atoms with Gasteiger partial charge >= 0.3 is 0 Å². The van der Waals surface area contributed by atoms with E-state index >= 15 is 0 Å². The van der Waals surface area contributed by atoms with E-state index in [0.717, 1.165) is 0 Å². The third kappa shape index (κ3) is 47.6. The Labute approximate surface area is 582 Å². The molecule has 0 bridgehead atoms. The predicted octanol–water partition coefficient (Wildman–Crippen LogP) is 33.5. The molecule has 0 heterocycles. The summed E-state index contributed by atoms with van der Waals surface area (Å²) in [6, 6.07) is 60.0. The van der Waals surface area contributed by atoms with Gasteiger partial charge in [-0.05, 0) is 194 Å². The van der Waals surface area contributed by atoms with Crippen LogP contribution in [0.25, 0.3) is 44.5 Å². The van der Waals surface area contributed by atoms with Crippen LogP contribution in [-0.4, -0.2) is 0 Å². The van der Waals surface area contributed by atoms with Crippen LogP contribution >= 0.6 is 0 Å². The summed E-state index contributed by atoms with van der Waals surface area (Å²) in [5.41, 5.74) is 27.2. The summed E-state index contributed by atoms with van der Waals surface area (Å²) in [5, 5.41) is 0. The third-order valence-electron chi connectivity index (χ3n) is 11.6. The highest BCUT2D eigenvalue weighted by molar-refractivity contribution is 5.77. The van der Waals surface area contributed by atoms with E-state index in [2.05, 4.69) is 253 Å². The van der Waals surface area contributed by atoms with Crippen molar-refractivity contribution in [2.24, 2.45) is 0 Å². The van der Waals surface area contributed by atoms with Gasteiger partial charge in [0.25, 0.3) is 0 Å². The Bertz CT molecular complexity index is 2220. The summed E-state index contributed by atoms with van der Waals surface area (Å²) in [7, 11) is 0. The van der Waals surface area contributed by atoms with Crippen LogP contribution < -0.4 is 0 Å². The topological polar surface area (TPSA) is 0 Å². The summed E-state index contributed by atoms with van der Waals surface area (Å²) < 4.78 is 0. The van der Waals surface area contributed by atoms with Gasteiger partial charge in [0.1, 0.15) is 0 Å². The van der Waals surface area contributed by atoms with Gasteiger partial charge in [-0.2, -0.15) is 0 Å². The van der Waals surface area contributed by atoms with Crippen LogP contribution in [0.1, 0.15) is 288 Å². The fraction of sp³-hybridized carbons (Fsp3) is 0.478. The van der Waals surface area contributed by atoms with Crippen molar-refractivity contribution in [1.29, 1.82) is 0 Å². The Morgan fingerprint density at radius 2 is 0.196 bits per heavy atom. The van der Waals surface area contributed by atoms with Crippen molar-refractivity contribution in [2.45, 2.75) is 305 Å². The first-order valence-corrected chi connectivity index (χ1v) is 37.3. The van der Waals surface area contributed by atoms with E-state index < -0.39 is 0 Å². The van der Waals surface area contributed by atoms with Gasteiger partial charge in [-0.25, -0.2) is 0 Å². The summed E-state index contributed by atoms with van der Waals surface area (Å²) in [6.07, 6.45) is 0. The number of rotatable bonds is 4. The molecule has 0 N–H and O–H groups in total. The van der Waals surface area contributed by atoms with E-state index in [0.29, 0.717) is 0 Å². The van der Waals surface area contributed by atoms with Gasteiger partial charge in [-0.15, -0.1) is 0 Å². The smallest absolute Gasteiger partial charge is 0.0120 e. The first kappa shape index (κ1) is 113. The van der Waals surface area contributed by atoms with Crippen LogP contribution in [0.4, 0.5) is 0 Å². The molecule has 0 saturated heterocycles. The van der Waals surface area contributed by atoms with Crippen molar-refractivity contribution in [3.05, 3.63) is 237 Å². The Kier molecular flexibility index (Phi) is 110. The largest absolute Gasteiger partial charge is 0.0683 e. The van der Waals surface area contributed by atoms with Crippen LogP contribution in [0.15, 0.2) is 170 Å². The zero-order valence-electron chi connectivity index (χ0n) is 70.2. The molecule has 0 spiro atoms. The minimum Gasteiger partial charge on any atom is -0.0683 e. The molecule has 0 amide bonds. The lowest BCUT2D eigenvalue weighted by molar-refractivity contribution is 1.32. The van der Waals surface area contributed by atoms with Crippen LogP contribution in [0, 0.1) is 83.1 Å². The molecule has 0 saturated carbocycles. The minimum absolute atomic E-state index is 1.34. The fourth-order valence-electron chi connectivity index (χ4n) is 8.34. The second-order valence-corrected chi connectivity index (χ2v) is 16.3. The Morgan fingerprint density at radius 1 is 0.109 bits per heavy atom. The molecule has 0 fully saturated rings. The van der Waals surface area contributed by atoms with E-state index in [1.165, 1.54) is 111 Å². The summed E-state index contributed by atoms with van der Waals surface area (Å²) in [5.74, 6) is 0. The fourth-order valence-corrected chi connectivity index (χ4v) is 8.34. The van der Waals surface area contributed by atoms with Crippen LogP contribution in [0.5, 0.6) is 0 Å². The molecule has 0 unspecified atom stereocenters. The molecule has 0 heteroatoms. The first-order valence-electron chi connectivity index (χ1n) is 37.3. The van der Waals surface area contributed by atoms with E-state index in [1.54, 1.807) is 0 Å². The maximum absolute atomic E-state index is 2.19. The second kappa shape index (κ2) is 89.0. The highest BCUT2D eigenvalue weighted by atomic mass is 14.2. The molecule has 8 aromatic carbocycles. The molecule has 0 radical (unpaired) electrons. The van der Waals surface area contributed by atoms with E-state index in [1.807, 2.05) is 222 Å². The number of benzene rings is 8. The zero-order chi connectivity index (χ0) is 75.3. The van der Waals surface area contributed by atoms with Gasteiger partial charge < -0.3 is 0 Å². The highest BCUT2D eigenvalue weighted by Crippen LogP contribution is 2.34.